The van der Waals surface area contributed by atoms with Crippen LogP contribution in [0.5, 0.6) is 0 Å². The minimum Gasteiger partial charge on any atom is -0.459 e. The Balaban J connectivity index is 0.710. The number of amides is 6. The van der Waals surface area contributed by atoms with Gasteiger partial charge in [-0.2, -0.15) is 0 Å². The van der Waals surface area contributed by atoms with Crippen LogP contribution in [-0.4, -0.2) is 130 Å². The average Bonchev–Trinajstić information content (AvgIpc) is 3.55. The van der Waals surface area contributed by atoms with E-state index in [0.717, 1.165) is 186 Å². The van der Waals surface area contributed by atoms with Crippen LogP contribution < -0.4 is 31.9 Å². The van der Waals surface area contributed by atoms with Crippen LogP contribution in [0.15, 0.2) is 25.3 Å². The third kappa shape index (κ3) is 25.3. The summed E-state index contributed by atoms with van der Waals surface area (Å²) in [5.41, 5.74) is 0. The molecule has 462 valence electrons. The number of hydrogen-bond acceptors (Lipinski definition) is 16. The van der Waals surface area contributed by atoms with E-state index in [2.05, 4.69) is 49.8 Å². The van der Waals surface area contributed by atoms with Gasteiger partial charge >= 0.3 is 48.5 Å². The molecule has 0 spiro atoms. The van der Waals surface area contributed by atoms with Crippen molar-refractivity contribution < 1.29 is 76.3 Å². The van der Waals surface area contributed by atoms with Crippen molar-refractivity contribution in [1.82, 2.24) is 31.9 Å². The lowest BCUT2D eigenvalue weighted by atomic mass is 9.76. The highest BCUT2D eigenvalue weighted by molar-refractivity contribution is 5.81. The van der Waals surface area contributed by atoms with Crippen LogP contribution in [0.1, 0.15) is 187 Å². The Bertz CT molecular complexity index is 2030. The predicted molar refractivity (Wildman–Crippen MR) is 302 cm³/mol. The second-order valence-corrected chi connectivity index (χ2v) is 24.2. The molecule has 6 saturated carbocycles. The number of carbonyl (C=O) groups is 8. The van der Waals surface area contributed by atoms with E-state index in [9.17, 15) is 38.4 Å². The van der Waals surface area contributed by atoms with Gasteiger partial charge in [-0.3, -0.25) is 0 Å². The Hall–Kier alpha value is -5.96. The van der Waals surface area contributed by atoms with E-state index < -0.39 is 67.5 Å². The smallest absolute Gasteiger partial charge is 0.410 e. The maximum atomic E-state index is 12.8. The molecule has 6 aliphatic carbocycles. The van der Waals surface area contributed by atoms with Crippen molar-refractivity contribution in [2.75, 3.05) is 33.2 Å². The van der Waals surface area contributed by atoms with Gasteiger partial charge in [-0.15, -0.1) is 0 Å². The van der Waals surface area contributed by atoms with Gasteiger partial charge in [-0.1, -0.05) is 13.2 Å². The molecule has 82 heavy (non-hydrogen) atoms. The van der Waals surface area contributed by atoms with Crippen molar-refractivity contribution >= 4 is 48.5 Å². The minimum absolute atomic E-state index is 0.00383. The quantitative estimate of drug-likeness (QED) is 0.0163. The number of carbonyl (C=O) groups excluding carboxylic acids is 8. The first-order valence-electron chi connectivity index (χ1n) is 30.8. The molecule has 0 saturated heterocycles. The lowest BCUT2D eigenvalue weighted by Gasteiger charge is -2.34. The topological polar surface area (TPSA) is 283 Å². The molecule has 0 aromatic rings. The molecule has 0 aromatic carbocycles. The standard InChI is InChI=1S/C60H96N6O16/c1-5-53(67)75-31-32-76-55(69)61-47-19-7-41(8-20-47)33-42-9-21-48(22-10-42)62-56(70)77-36-39(3)81-59(73)65-51-27-15-45(16-28-51)34-43-11-23-49(24-12-43)63-57(71)78-37-40(4)82-60(74)66-52-29-17-46(18-30-52)35-44-13-25-50(26-14-44)64-58(72)80-38-79-54(68)6-2/h5-6,39-52H,1-2,7-38H2,3-4H3,(H,61,69)(H,62,70)(H,63,71)(H,64,72)(H,65,73)(H,66,74). The van der Waals surface area contributed by atoms with Crippen molar-refractivity contribution in [3.05, 3.63) is 25.3 Å². The molecule has 2 atom stereocenters. The van der Waals surface area contributed by atoms with Crippen molar-refractivity contribution in [2.45, 2.75) is 236 Å². The van der Waals surface area contributed by atoms with Crippen molar-refractivity contribution in [3.8, 4) is 0 Å². The molecule has 0 aromatic heterocycles. The van der Waals surface area contributed by atoms with E-state index in [1.54, 1.807) is 13.8 Å². The molecule has 6 rings (SSSR count). The first kappa shape index (κ1) is 65.2. The molecular formula is C60H96N6O16. The molecular weight excluding hydrogens is 1060 g/mol. The fraction of sp³-hybridized carbons (Fsp3) is 0.800. The van der Waals surface area contributed by atoms with Crippen LogP contribution in [0.2, 0.25) is 0 Å². The Morgan fingerprint density at radius 1 is 0.341 bits per heavy atom. The van der Waals surface area contributed by atoms with Gasteiger partial charge in [-0.05, 0) is 223 Å². The van der Waals surface area contributed by atoms with Crippen molar-refractivity contribution in [3.63, 3.8) is 0 Å². The SMILES string of the molecule is C=CC(=O)OCCOC(=O)NC1CCC(CC2CCC(NC(=O)OCC(C)OC(=O)NC3CCC(CC4CCC(NC(=O)OCC(C)OC(=O)NC5CCC(CC6CCC(NC(=O)OCOC(=O)C=C)CC6)CC5)CC4)CC3)CC2)CC1. The summed E-state index contributed by atoms with van der Waals surface area (Å²) in [6.45, 7) is 9.54. The highest BCUT2D eigenvalue weighted by Gasteiger charge is 2.33. The molecule has 0 bridgehead atoms. The third-order valence-electron chi connectivity index (χ3n) is 17.8. The van der Waals surface area contributed by atoms with Gasteiger partial charge in [0.05, 0.1) is 0 Å². The summed E-state index contributed by atoms with van der Waals surface area (Å²) in [5, 5.41) is 17.8. The molecule has 22 heteroatoms. The number of hydrogen-bond donors (Lipinski definition) is 6. The van der Waals surface area contributed by atoms with Gasteiger partial charge in [0.2, 0.25) is 6.79 Å². The van der Waals surface area contributed by atoms with Crippen molar-refractivity contribution in [2.24, 2.45) is 35.5 Å². The van der Waals surface area contributed by atoms with E-state index in [0.29, 0.717) is 35.5 Å². The first-order chi connectivity index (χ1) is 39.5. The molecule has 0 aliphatic heterocycles. The summed E-state index contributed by atoms with van der Waals surface area (Å²) >= 11 is 0. The summed E-state index contributed by atoms with van der Waals surface area (Å²) in [4.78, 5) is 97.2. The minimum atomic E-state index is -0.648. The summed E-state index contributed by atoms with van der Waals surface area (Å²) in [7, 11) is 0. The van der Waals surface area contributed by atoms with Crippen LogP contribution >= 0.6 is 0 Å². The Morgan fingerprint density at radius 2 is 0.585 bits per heavy atom. The molecule has 2 unspecified atom stereocenters. The second kappa shape index (κ2) is 35.2. The van der Waals surface area contributed by atoms with Crippen LogP contribution in [0.25, 0.3) is 0 Å². The van der Waals surface area contributed by atoms with Gasteiger partial charge in [0.1, 0.15) is 38.6 Å². The summed E-state index contributed by atoms with van der Waals surface area (Å²) in [5.74, 6) is 2.40. The lowest BCUT2D eigenvalue weighted by Crippen LogP contribution is -2.42. The lowest BCUT2D eigenvalue weighted by molar-refractivity contribution is -0.145. The zero-order valence-corrected chi connectivity index (χ0v) is 48.8. The molecule has 6 fully saturated rings. The number of esters is 2. The fourth-order valence-corrected chi connectivity index (χ4v) is 13.3. The Morgan fingerprint density at radius 3 is 0.878 bits per heavy atom. The number of ether oxygens (including phenoxy) is 8. The van der Waals surface area contributed by atoms with Gasteiger partial charge in [0, 0.05) is 48.4 Å². The molecule has 22 nitrogen and oxygen atoms in total. The monoisotopic (exact) mass is 1160 g/mol. The van der Waals surface area contributed by atoms with E-state index in [-0.39, 0.29) is 62.7 Å². The molecule has 6 N–H and O–H groups in total. The maximum absolute atomic E-state index is 12.8. The van der Waals surface area contributed by atoms with Crippen LogP contribution in [0, 0.1) is 35.5 Å². The van der Waals surface area contributed by atoms with E-state index in [4.69, 9.17) is 33.2 Å². The Kier molecular flexibility index (Phi) is 28.0. The van der Waals surface area contributed by atoms with Crippen LogP contribution in [0.3, 0.4) is 0 Å². The summed E-state index contributed by atoms with van der Waals surface area (Å²) in [6, 6.07) is 0.303. The first-order valence-corrected chi connectivity index (χ1v) is 30.8. The number of nitrogens with one attached hydrogen (secondary N) is 6. The largest absolute Gasteiger partial charge is 0.459 e. The molecule has 0 heterocycles. The predicted octanol–water partition coefficient (Wildman–Crippen LogP) is 10.1. The second-order valence-electron chi connectivity index (χ2n) is 24.2. The number of rotatable bonds is 25. The van der Waals surface area contributed by atoms with E-state index in [1.807, 2.05) is 0 Å². The molecule has 6 aliphatic rings. The highest BCUT2D eigenvalue weighted by atomic mass is 16.7. The average molecular weight is 1160 g/mol. The molecule has 0 radical (unpaired) electrons. The van der Waals surface area contributed by atoms with E-state index >= 15 is 0 Å². The molecule has 6 amide bonds. The van der Waals surface area contributed by atoms with E-state index in [1.165, 1.54) is 0 Å². The Labute approximate surface area is 484 Å². The maximum Gasteiger partial charge on any atom is 0.410 e. The van der Waals surface area contributed by atoms with Crippen LogP contribution in [-0.2, 0) is 47.5 Å². The third-order valence-corrected chi connectivity index (χ3v) is 17.8. The van der Waals surface area contributed by atoms with Crippen LogP contribution in [0.4, 0.5) is 28.8 Å². The zero-order chi connectivity index (χ0) is 58.6. The van der Waals surface area contributed by atoms with Gasteiger partial charge < -0.3 is 69.8 Å². The highest BCUT2D eigenvalue weighted by Crippen LogP contribution is 2.38. The normalized spacial score (nSPS) is 29.0. The van der Waals surface area contributed by atoms with Gasteiger partial charge in [0.15, 0.2) is 0 Å². The number of alkyl carbamates (subject to hydrolysis) is 6. The fourth-order valence-electron chi connectivity index (χ4n) is 13.3. The van der Waals surface area contributed by atoms with Crippen molar-refractivity contribution in [1.29, 1.82) is 0 Å². The summed E-state index contributed by atoms with van der Waals surface area (Å²) in [6.07, 6.45) is 24.3. The van der Waals surface area contributed by atoms with Gasteiger partial charge in [-0.25, -0.2) is 38.4 Å². The van der Waals surface area contributed by atoms with Gasteiger partial charge in [0.25, 0.3) is 0 Å². The zero-order valence-electron chi connectivity index (χ0n) is 48.8. The summed E-state index contributed by atoms with van der Waals surface area (Å²) < 4.78 is 41.5.